The van der Waals surface area contributed by atoms with E-state index in [1.165, 1.54) is 0 Å². The molecule has 0 aliphatic carbocycles. The smallest absolute Gasteiger partial charge is 0.383 e. The van der Waals surface area contributed by atoms with Crippen LogP contribution in [0.25, 0.3) is 22.0 Å². The number of carbonyl (C=O) groups is 1. The molecule has 0 unspecified atom stereocenters. The molecule has 12 heteroatoms. The molecule has 6 nitrogen and oxygen atoms in total. The van der Waals surface area contributed by atoms with Crippen molar-refractivity contribution in [3.63, 3.8) is 0 Å². The Hall–Kier alpha value is -4.52. The summed E-state index contributed by atoms with van der Waals surface area (Å²) in [6, 6.07) is -25.6. The largest absolute Gasteiger partial charge is 0.416 e. The number of piperidine rings is 1. The summed E-state index contributed by atoms with van der Waals surface area (Å²) in [6.45, 7) is -12.3. The highest BCUT2D eigenvalue weighted by Crippen LogP contribution is 2.32. The second-order valence-corrected chi connectivity index (χ2v) is 11.5. The van der Waals surface area contributed by atoms with Crippen molar-refractivity contribution < 1.29 is 67.1 Å². The van der Waals surface area contributed by atoms with Crippen LogP contribution < -0.4 is 5.43 Å². The van der Waals surface area contributed by atoms with Gasteiger partial charge >= 0.3 is 6.18 Å². The number of aromatic nitrogens is 1. The number of pyridine rings is 1. The van der Waals surface area contributed by atoms with Gasteiger partial charge in [0, 0.05) is 75.6 Å². The molecular formula is C41H40F5N3O3S. The van der Waals surface area contributed by atoms with Crippen molar-refractivity contribution >= 4 is 28.6 Å². The summed E-state index contributed by atoms with van der Waals surface area (Å²) in [4.78, 5) is 29.3. The van der Waals surface area contributed by atoms with E-state index >= 15 is 13.6 Å². The first-order valence-electron chi connectivity index (χ1n) is 28.0. The standard InChI is InChI=1S/C41H40F5N3O3S/c1-27-6-15-36-34(22-27)37(50)23-39(53-26-31-4-3-5-35(42)40(31)43)49(36)25-38(51)48(33-16-18-47(19-17-33)20-21-52-2)24-28-7-9-29(10-8-28)30-11-13-32(14-12-30)41(44,45)46/h3-15,22-23,33H,16-21,24-26H2,1-2H3/i3D,4D,5D,6D,7D,8D,9D,10D,11D,12D,13D,14D,15D,16D2,17D2,18D2,19D2,22D,23D,26D2,33D. The molecule has 6 rings (SSSR count). The van der Waals surface area contributed by atoms with Crippen molar-refractivity contribution in [2.75, 3.05) is 33.3 Å². The van der Waals surface area contributed by atoms with Crippen LogP contribution in [-0.2, 0) is 34.5 Å². The van der Waals surface area contributed by atoms with Crippen LogP contribution in [0, 0.1) is 18.6 Å². The van der Waals surface area contributed by atoms with E-state index in [2.05, 4.69) is 0 Å². The normalized spacial score (nSPS) is 25.9. The van der Waals surface area contributed by atoms with E-state index in [1.807, 2.05) is 0 Å². The Bertz CT molecular complexity index is 3380. The molecule has 1 aromatic heterocycles. The van der Waals surface area contributed by atoms with Gasteiger partial charge in [-0.1, -0.05) is 59.9 Å². The van der Waals surface area contributed by atoms with Gasteiger partial charge in [0.2, 0.25) is 5.91 Å². The maximum Gasteiger partial charge on any atom is 0.416 e. The Morgan fingerprint density at radius 3 is 2.36 bits per heavy atom. The molecule has 1 fully saturated rings. The van der Waals surface area contributed by atoms with Gasteiger partial charge < -0.3 is 19.1 Å². The van der Waals surface area contributed by atoms with E-state index in [-0.39, 0.29) is 14.4 Å². The third-order valence-electron chi connectivity index (χ3n) is 7.06. The maximum absolute atomic E-state index is 15.7. The molecule has 0 spiro atoms. The van der Waals surface area contributed by atoms with E-state index in [4.69, 9.17) is 33.5 Å². The van der Waals surface area contributed by atoms with Crippen LogP contribution in [0.5, 0.6) is 0 Å². The number of benzene rings is 4. The van der Waals surface area contributed by atoms with Gasteiger partial charge in [-0.15, -0.1) is 11.8 Å². The lowest BCUT2D eigenvalue weighted by molar-refractivity contribution is -0.137. The Kier molecular flexibility index (Phi) is 5.44. The molecule has 5 aromatic rings. The molecule has 1 saturated heterocycles. The minimum atomic E-state index is -5.51. The highest BCUT2D eigenvalue weighted by atomic mass is 32.2. The number of thioether (sulfide) groups is 1. The summed E-state index contributed by atoms with van der Waals surface area (Å²) in [7, 11) is 1.04. The predicted octanol–water partition coefficient (Wildman–Crippen LogP) is 8.71. The second-order valence-electron chi connectivity index (χ2n) is 10.7. The number of methoxy groups -OCH3 is 1. The quantitative estimate of drug-likeness (QED) is 0.0939. The van der Waals surface area contributed by atoms with Crippen LogP contribution in [0.15, 0.2) is 100 Å². The van der Waals surface area contributed by atoms with Crippen LogP contribution in [0.1, 0.15) is 70.6 Å². The van der Waals surface area contributed by atoms with E-state index in [9.17, 15) is 24.8 Å². The van der Waals surface area contributed by atoms with Crippen molar-refractivity contribution in [2.24, 2.45) is 0 Å². The fourth-order valence-corrected chi connectivity index (χ4v) is 5.23. The summed E-state index contributed by atoms with van der Waals surface area (Å²) >= 11 is -0.530. The molecule has 1 aliphatic heterocycles. The molecule has 1 amide bonds. The van der Waals surface area contributed by atoms with Crippen LogP contribution in [-0.4, -0.2) is 59.5 Å². The molecule has 4 aromatic carbocycles. The van der Waals surface area contributed by atoms with Crippen molar-refractivity contribution in [1.82, 2.24) is 14.4 Å². The fourth-order valence-electron chi connectivity index (χ4n) is 4.48. The van der Waals surface area contributed by atoms with Gasteiger partial charge in [0.05, 0.1) is 44.6 Å². The zero-order valence-corrected chi connectivity index (χ0v) is 28.0. The third-order valence-corrected chi connectivity index (χ3v) is 7.88. The lowest BCUT2D eigenvalue weighted by atomic mass is 10.00. The molecule has 53 heavy (non-hydrogen) atoms. The van der Waals surface area contributed by atoms with Gasteiger partial charge in [-0.05, 0) is 66.6 Å². The number of nitrogens with zero attached hydrogens (tertiary/aromatic N) is 3. The molecular weight excluding hydrogens is 710 g/mol. The zero-order chi connectivity index (χ0) is 60.6. The third kappa shape index (κ3) is 9.17. The van der Waals surface area contributed by atoms with Gasteiger partial charge in [-0.25, -0.2) is 8.78 Å². The van der Waals surface area contributed by atoms with E-state index in [1.54, 1.807) is 0 Å². The summed E-state index contributed by atoms with van der Waals surface area (Å²) in [6.07, 6.45) is -14.2. The number of amides is 1. The van der Waals surface area contributed by atoms with Crippen LogP contribution >= 0.6 is 11.8 Å². The molecule has 1 aliphatic rings. The fraction of sp³-hybridized carbons (Fsp3) is 0.317. The summed E-state index contributed by atoms with van der Waals surface area (Å²) in [5.41, 5.74) is -14.2. The van der Waals surface area contributed by atoms with E-state index in [0.29, 0.717) is 0 Å². The first-order valence-corrected chi connectivity index (χ1v) is 15.8. The lowest BCUT2D eigenvalue weighted by Crippen LogP contribution is -2.48. The van der Waals surface area contributed by atoms with Crippen LogP contribution in [0.4, 0.5) is 22.0 Å². The Labute approximate surface area is 345 Å². The van der Waals surface area contributed by atoms with Gasteiger partial charge in [0.25, 0.3) is 0 Å². The number of alkyl halides is 3. The van der Waals surface area contributed by atoms with Gasteiger partial charge in [-0.3, -0.25) is 9.59 Å². The number of likely N-dealkylation sites (tertiary alicyclic amines) is 1. The SMILES string of the molecule is [2H]c1c([2H])c(F)c(F)c(C([2H])([2H])Sc2c([2H])c(=O)c3c([2H])c(C)c([2H])c([2H])c3n2CC(=O)N(Cc2c([2H])c([2H])c(-c3c([2H])c([2H])c(C(F)(F)F)c([2H])c3[2H])c([2H])c2[2H])C2([2H])C([2H])([2H])C([2H])([2H])N(CCOC)C([2H])([2H])C2([2H])[2H])c1[2H]. The zero-order valence-electron chi connectivity index (χ0n) is 53.2. The van der Waals surface area contributed by atoms with Crippen LogP contribution in [0.3, 0.4) is 0 Å². The number of hydrogen-bond acceptors (Lipinski definition) is 5. The number of rotatable bonds is 12. The van der Waals surface area contributed by atoms with E-state index in [0.717, 1.165) is 14.0 Å². The summed E-state index contributed by atoms with van der Waals surface area (Å²) in [5.74, 6) is -6.50. The summed E-state index contributed by atoms with van der Waals surface area (Å²) in [5, 5.41) is -2.29. The second kappa shape index (κ2) is 16.7. The van der Waals surface area contributed by atoms with Gasteiger partial charge in [0.15, 0.2) is 17.1 Å². The average Bonchev–Trinajstić information content (AvgIpc) is 3.37. The van der Waals surface area contributed by atoms with Crippen molar-refractivity contribution in [3.05, 3.63) is 135 Å². The molecule has 0 N–H and O–H groups in total. The predicted molar refractivity (Wildman–Crippen MR) is 198 cm³/mol. The Morgan fingerprint density at radius 1 is 1.02 bits per heavy atom. The molecule has 2 heterocycles. The Morgan fingerprint density at radius 2 is 1.70 bits per heavy atom. The van der Waals surface area contributed by atoms with E-state index < -0.39 is 245 Å². The number of ether oxygens (including phenoxy) is 1. The molecule has 0 saturated carbocycles. The van der Waals surface area contributed by atoms with Gasteiger partial charge in [0.1, 0.15) is 6.54 Å². The highest BCUT2D eigenvalue weighted by Gasteiger charge is 2.31. The number of carbonyl (C=O) groups excluding carboxylic acids is 1. The first-order chi connectivity index (χ1) is 35.8. The molecule has 0 atom stereocenters. The number of hydrogen-bond donors (Lipinski definition) is 0. The number of fused-ring (bicyclic) bond motifs is 1. The topological polar surface area (TPSA) is 54.8 Å². The average molecular weight is 776 g/mol. The maximum atomic E-state index is 15.7. The van der Waals surface area contributed by atoms with Crippen LogP contribution in [0.2, 0.25) is 0 Å². The van der Waals surface area contributed by atoms with Gasteiger partial charge in [-0.2, -0.15) is 13.2 Å². The molecule has 278 valence electrons. The van der Waals surface area contributed by atoms with Crippen molar-refractivity contribution in [2.45, 2.75) is 55.7 Å². The molecule has 0 bridgehead atoms. The minimum absolute atomic E-state index is 0.0395. The minimum Gasteiger partial charge on any atom is -0.383 e. The number of halogens is 5. The molecule has 0 radical (unpaired) electrons. The Balaban J connectivity index is 1.75. The highest BCUT2D eigenvalue weighted by molar-refractivity contribution is 7.98. The van der Waals surface area contributed by atoms with Crippen molar-refractivity contribution in [3.8, 4) is 11.1 Å². The van der Waals surface area contributed by atoms with Crippen molar-refractivity contribution in [1.29, 1.82) is 0 Å². The lowest BCUT2D eigenvalue weighted by Gasteiger charge is -2.39. The monoisotopic (exact) mass is 775 g/mol. The first kappa shape index (κ1) is 17.3. The summed E-state index contributed by atoms with van der Waals surface area (Å²) < 4.78 is 306.